The lowest BCUT2D eigenvalue weighted by molar-refractivity contribution is 0.863. The van der Waals surface area contributed by atoms with Gasteiger partial charge in [0, 0.05) is 28.7 Å². The van der Waals surface area contributed by atoms with Crippen LogP contribution in [0.25, 0.3) is 55.6 Å². The smallest absolute Gasteiger partial charge is 0.0458 e. The second-order valence-corrected chi connectivity index (χ2v) is 12.5. The molecule has 238 valence electrons. The van der Waals surface area contributed by atoms with Crippen LogP contribution in [0.15, 0.2) is 183 Å². The minimum atomic E-state index is 0.234. The summed E-state index contributed by atoms with van der Waals surface area (Å²) in [5.41, 5.74) is 8.44. The van der Waals surface area contributed by atoms with Crippen LogP contribution in [0.2, 0.25) is 0 Å². The number of hydrogen-bond donors (Lipinski definition) is 0. The first-order valence-electron chi connectivity index (χ1n) is 17.1. The largest absolute Gasteiger partial charge is 0.321 e. The maximum atomic E-state index is 4.17. The third-order valence-corrected chi connectivity index (χ3v) is 9.59. The molecule has 0 radical (unpaired) electrons. The van der Waals surface area contributed by atoms with Crippen molar-refractivity contribution in [2.24, 2.45) is 0 Å². The lowest BCUT2D eigenvalue weighted by atomic mass is 9.87. The molecule has 7 aromatic rings. The Bertz CT molecular complexity index is 2350. The summed E-state index contributed by atoms with van der Waals surface area (Å²) in [4.78, 5) is 2.35. The molecule has 0 bridgehead atoms. The summed E-state index contributed by atoms with van der Waals surface area (Å²) in [7, 11) is 0. The normalized spacial score (nSPS) is 13.1. The third-order valence-electron chi connectivity index (χ3n) is 9.59. The van der Waals surface area contributed by atoms with Crippen molar-refractivity contribution in [3.63, 3.8) is 0 Å². The van der Waals surface area contributed by atoms with E-state index in [1.807, 2.05) is 0 Å². The minimum absolute atomic E-state index is 0.234. The van der Waals surface area contributed by atoms with E-state index in [-0.39, 0.29) is 5.92 Å². The highest BCUT2D eigenvalue weighted by molar-refractivity contribution is 6.14. The van der Waals surface area contributed by atoms with Gasteiger partial charge in [-0.05, 0) is 93.0 Å². The maximum absolute atomic E-state index is 4.17. The van der Waals surface area contributed by atoms with E-state index in [4.69, 9.17) is 0 Å². The molecule has 0 aliphatic heterocycles. The lowest BCUT2D eigenvalue weighted by Crippen LogP contribution is -2.31. The quantitative estimate of drug-likeness (QED) is 0.113. The van der Waals surface area contributed by atoms with E-state index in [2.05, 4.69) is 207 Å². The zero-order chi connectivity index (χ0) is 33.6. The molecule has 0 saturated carbocycles. The number of benzene rings is 7. The van der Waals surface area contributed by atoms with Gasteiger partial charge in [-0.25, -0.2) is 0 Å². The molecule has 0 spiro atoms. The van der Waals surface area contributed by atoms with Gasteiger partial charge in [0.1, 0.15) is 0 Å². The van der Waals surface area contributed by atoms with Crippen LogP contribution in [-0.4, -0.2) is 0 Å². The Balaban J connectivity index is 1.45. The van der Waals surface area contributed by atoms with Gasteiger partial charge in [-0.15, -0.1) is 6.58 Å². The Labute approximate surface area is 290 Å². The van der Waals surface area contributed by atoms with Crippen molar-refractivity contribution in [3.8, 4) is 22.3 Å². The van der Waals surface area contributed by atoms with Gasteiger partial charge in [0.25, 0.3) is 0 Å². The predicted molar refractivity (Wildman–Crippen MR) is 213 cm³/mol. The van der Waals surface area contributed by atoms with Crippen molar-refractivity contribution < 1.29 is 0 Å². The van der Waals surface area contributed by atoms with Crippen molar-refractivity contribution in [1.29, 1.82) is 0 Å². The molecule has 7 aromatic carbocycles. The number of fused-ring (bicyclic) bond motifs is 2. The molecule has 0 saturated heterocycles. The number of nitrogens with zero attached hydrogens (tertiary/aromatic N) is 1. The average molecular weight is 632 g/mol. The first-order chi connectivity index (χ1) is 24.2. The summed E-state index contributed by atoms with van der Waals surface area (Å²) >= 11 is 0. The zero-order valence-corrected chi connectivity index (χ0v) is 28.3. The summed E-state index contributed by atoms with van der Waals surface area (Å²) in [6.07, 6.45) is 9.63. The summed E-state index contributed by atoms with van der Waals surface area (Å²) in [5, 5.41) is 7.44. The molecule has 1 heteroatoms. The van der Waals surface area contributed by atoms with Gasteiger partial charge in [0.15, 0.2) is 0 Å². The second-order valence-electron chi connectivity index (χ2n) is 12.5. The monoisotopic (exact) mass is 631 g/mol. The van der Waals surface area contributed by atoms with Gasteiger partial charge in [-0.2, -0.15) is 0 Å². The first-order valence-corrected chi connectivity index (χ1v) is 17.1. The second kappa shape index (κ2) is 14.5. The maximum Gasteiger partial charge on any atom is 0.0458 e. The summed E-state index contributed by atoms with van der Waals surface area (Å²) in [6, 6.07) is 56.9. The molecule has 0 aromatic heterocycles. The predicted octanol–water partition coefficient (Wildman–Crippen LogP) is 11.6. The molecule has 1 nitrogen and oxygen atoms in total. The fraction of sp³-hybridized carbons (Fsp3) is 0.0833. The van der Waals surface area contributed by atoms with Gasteiger partial charge >= 0.3 is 0 Å². The van der Waals surface area contributed by atoms with Crippen LogP contribution in [-0.2, 0) is 0 Å². The molecule has 0 fully saturated rings. The zero-order valence-electron chi connectivity index (χ0n) is 28.3. The first kappa shape index (κ1) is 31.7. The fourth-order valence-corrected chi connectivity index (χ4v) is 7.04. The summed E-state index contributed by atoms with van der Waals surface area (Å²) in [6.45, 7) is 8.50. The number of rotatable bonds is 9. The van der Waals surface area contributed by atoms with Crippen molar-refractivity contribution >= 4 is 39.0 Å². The van der Waals surface area contributed by atoms with Crippen LogP contribution >= 0.6 is 0 Å². The summed E-state index contributed by atoms with van der Waals surface area (Å²) < 4.78 is 0. The molecule has 0 heterocycles. The van der Waals surface area contributed by atoms with Gasteiger partial charge in [-0.1, -0.05) is 158 Å². The van der Waals surface area contributed by atoms with Gasteiger partial charge in [-0.3, -0.25) is 0 Å². The molecule has 0 N–H and O–H groups in total. The number of anilines is 1. The van der Waals surface area contributed by atoms with E-state index in [0.29, 0.717) is 0 Å². The molecule has 49 heavy (non-hydrogen) atoms. The van der Waals surface area contributed by atoms with Crippen LogP contribution in [0.4, 0.5) is 5.69 Å². The van der Waals surface area contributed by atoms with Crippen LogP contribution in [0.5, 0.6) is 0 Å². The van der Waals surface area contributed by atoms with E-state index in [0.717, 1.165) is 12.1 Å². The molecule has 1 atom stereocenters. The Kier molecular flexibility index (Phi) is 9.34. The van der Waals surface area contributed by atoms with Gasteiger partial charge in [0.2, 0.25) is 0 Å². The standard InChI is InChI=1S/C48H41N/c1-4-36(38-20-8-6-9-21-38)26-18-32-49(35(3)43-27-15-12-19-37(43)5-2)42-30-31-46(47(34-42)39-22-10-7-11-23-39)48-44-28-16-13-24-40(44)33-41-25-14-17-29-45(41)48/h4-25,27-34,36H,1,26H2,2-3H3/b32-18+,37-5-,43-35+. The number of hydrogen-bond acceptors (Lipinski definition) is 1. The molecule has 0 aliphatic carbocycles. The Morgan fingerprint density at radius 3 is 1.94 bits per heavy atom. The van der Waals surface area contributed by atoms with Crippen LogP contribution in [0, 0.1) is 0 Å². The van der Waals surface area contributed by atoms with Crippen molar-refractivity contribution in [2.45, 2.75) is 26.2 Å². The Morgan fingerprint density at radius 1 is 0.653 bits per heavy atom. The van der Waals surface area contributed by atoms with Crippen LogP contribution in [0.1, 0.15) is 31.7 Å². The molecule has 0 amide bonds. The number of allylic oxidation sites excluding steroid dienone is 2. The molecular weight excluding hydrogens is 591 g/mol. The van der Waals surface area contributed by atoms with Gasteiger partial charge < -0.3 is 4.90 Å². The van der Waals surface area contributed by atoms with E-state index in [1.54, 1.807) is 0 Å². The average Bonchev–Trinajstić information content (AvgIpc) is 3.17. The molecule has 0 aliphatic rings. The van der Waals surface area contributed by atoms with E-state index in [1.165, 1.54) is 65.5 Å². The molecular formula is C48H41N. The summed E-state index contributed by atoms with van der Waals surface area (Å²) in [5.74, 6) is 0.234. The van der Waals surface area contributed by atoms with E-state index >= 15 is 0 Å². The Hall–Kier alpha value is -5.92. The minimum Gasteiger partial charge on any atom is -0.321 e. The van der Waals surface area contributed by atoms with E-state index in [9.17, 15) is 0 Å². The SMILES string of the molecule is C=CC(C/C=C/N(/C(C)=c1\cccc\c1=C\C)c1ccc(-c2c3ccccc3cc3ccccc23)c(-c2ccccc2)c1)c1ccccc1. The lowest BCUT2D eigenvalue weighted by Gasteiger charge is -2.25. The van der Waals surface area contributed by atoms with Crippen molar-refractivity contribution in [1.82, 2.24) is 0 Å². The highest BCUT2D eigenvalue weighted by Crippen LogP contribution is 2.43. The van der Waals surface area contributed by atoms with Crippen molar-refractivity contribution in [3.05, 3.63) is 199 Å². The van der Waals surface area contributed by atoms with Gasteiger partial charge in [0.05, 0.1) is 0 Å². The van der Waals surface area contributed by atoms with Crippen molar-refractivity contribution in [2.75, 3.05) is 4.90 Å². The third kappa shape index (κ3) is 6.49. The Morgan fingerprint density at radius 2 is 1.27 bits per heavy atom. The molecule has 1 unspecified atom stereocenters. The van der Waals surface area contributed by atoms with E-state index < -0.39 is 0 Å². The fourth-order valence-electron chi connectivity index (χ4n) is 7.04. The molecule has 7 rings (SSSR count). The highest BCUT2D eigenvalue weighted by Gasteiger charge is 2.17. The van der Waals surface area contributed by atoms with Crippen LogP contribution in [0.3, 0.4) is 0 Å². The van der Waals surface area contributed by atoms with Crippen LogP contribution < -0.4 is 15.3 Å². The topological polar surface area (TPSA) is 3.24 Å². The highest BCUT2D eigenvalue weighted by atomic mass is 15.1.